The number of amides is 2. The van der Waals surface area contributed by atoms with Gasteiger partial charge >= 0.3 is 12.2 Å². The molecule has 8 heteroatoms. The summed E-state index contributed by atoms with van der Waals surface area (Å²) in [6.07, 6.45) is -4.53. The highest BCUT2D eigenvalue weighted by atomic mass is 19.4. The van der Waals surface area contributed by atoms with Crippen LogP contribution in [-0.2, 0) is 6.54 Å². The first kappa shape index (κ1) is 14.2. The Balaban J connectivity index is 2.45. The second-order valence-electron chi connectivity index (χ2n) is 3.39. The number of rotatable bonds is 3. The normalized spacial score (nSPS) is 11.2. The third-order valence-corrected chi connectivity index (χ3v) is 1.90. The van der Waals surface area contributed by atoms with Gasteiger partial charge in [0, 0.05) is 12.1 Å². The minimum atomic E-state index is -4.53. The maximum atomic E-state index is 13.1. The average Bonchev–Trinajstić information content (AvgIpc) is 2.26. The summed E-state index contributed by atoms with van der Waals surface area (Å²) in [5.74, 6) is -1.46. The van der Waals surface area contributed by atoms with E-state index in [-0.39, 0.29) is 5.56 Å². The van der Waals surface area contributed by atoms with E-state index in [0.29, 0.717) is 0 Å². The van der Waals surface area contributed by atoms with E-state index in [1.54, 1.807) is 0 Å². The summed E-state index contributed by atoms with van der Waals surface area (Å²) >= 11 is 0. The molecule has 100 valence electrons. The van der Waals surface area contributed by atoms with Crippen LogP contribution in [0.4, 0.5) is 26.7 Å². The topological polar surface area (TPSA) is 41.1 Å². The molecule has 0 saturated heterocycles. The van der Waals surface area contributed by atoms with E-state index in [0.717, 1.165) is 18.2 Å². The van der Waals surface area contributed by atoms with Crippen molar-refractivity contribution in [1.82, 2.24) is 10.6 Å². The molecule has 1 aromatic carbocycles. The van der Waals surface area contributed by atoms with Crippen LogP contribution in [0.1, 0.15) is 5.56 Å². The van der Waals surface area contributed by atoms with Crippen LogP contribution in [0.2, 0.25) is 0 Å². The fourth-order valence-electron chi connectivity index (χ4n) is 1.10. The van der Waals surface area contributed by atoms with Crippen molar-refractivity contribution in [2.24, 2.45) is 0 Å². The molecule has 2 amide bonds. The van der Waals surface area contributed by atoms with Crippen molar-refractivity contribution in [1.29, 1.82) is 0 Å². The van der Waals surface area contributed by atoms with Gasteiger partial charge in [-0.3, -0.25) is 0 Å². The summed E-state index contributed by atoms with van der Waals surface area (Å²) in [6, 6.07) is 1.48. The number of alkyl halides is 3. The SMILES string of the molecule is O=C(NCc1cc(F)ccc1F)NCC(F)(F)F. The predicted octanol–water partition coefficient (Wildman–Crippen LogP) is 2.33. The zero-order valence-corrected chi connectivity index (χ0v) is 8.94. The van der Waals surface area contributed by atoms with E-state index < -0.39 is 36.9 Å². The van der Waals surface area contributed by atoms with Crippen molar-refractivity contribution in [3.8, 4) is 0 Å². The van der Waals surface area contributed by atoms with E-state index in [2.05, 4.69) is 0 Å². The molecule has 0 spiro atoms. The van der Waals surface area contributed by atoms with Gasteiger partial charge in [-0.25, -0.2) is 13.6 Å². The molecule has 0 aliphatic rings. The summed E-state index contributed by atoms with van der Waals surface area (Å²) in [5, 5.41) is 3.52. The van der Waals surface area contributed by atoms with Crippen molar-refractivity contribution in [2.75, 3.05) is 6.54 Å². The largest absolute Gasteiger partial charge is 0.405 e. The molecular formula is C10H9F5N2O. The van der Waals surface area contributed by atoms with Gasteiger partial charge in [-0.1, -0.05) is 0 Å². The van der Waals surface area contributed by atoms with Crippen LogP contribution >= 0.6 is 0 Å². The lowest BCUT2D eigenvalue weighted by Crippen LogP contribution is -2.40. The molecule has 0 aliphatic heterocycles. The highest BCUT2D eigenvalue weighted by Crippen LogP contribution is 2.12. The monoisotopic (exact) mass is 268 g/mol. The minimum Gasteiger partial charge on any atom is -0.334 e. The number of hydrogen-bond donors (Lipinski definition) is 2. The molecular weight excluding hydrogens is 259 g/mol. The lowest BCUT2D eigenvalue weighted by Gasteiger charge is -2.10. The first-order chi connectivity index (χ1) is 8.28. The molecule has 0 aromatic heterocycles. The molecule has 0 bridgehead atoms. The number of benzene rings is 1. The molecule has 1 aromatic rings. The van der Waals surface area contributed by atoms with Gasteiger partial charge in [-0.15, -0.1) is 0 Å². The lowest BCUT2D eigenvalue weighted by atomic mass is 10.2. The van der Waals surface area contributed by atoms with E-state index in [4.69, 9.17) is 0 Å². The van der Waals surface area contributed by atoms with Crippen LogP contribution in [0.3, 0.4) is 0 Å². The molecule has 0 fully saturated rings. The van der Waals surface area contributed by atoms with Gasteiger partial charge in [0.15, 0.2) is 0 Å². The maximum absolute atomic E-state index is 13.1. The predicted molar refractivity (Wildman–Crippen MR) is 52.7 cm³/mol. The molecule has 0 unspecified atom stereocenters. The van der Waals surface area contributed by atoms with Crippen LogP contribution in [0.25, 0.3) is 0 Å². The second kappa shape index (κ2) is 5.65. The van der Waals surface area contributed by atoms with Crippen LogP contribution in [0.15, 0.2) is 18.2 Å². The van der Waals surface area contributed by atoms with E-state index >= 15 is 0 Å². The Morgan fingerprint density at radius 3 is 2.44 bits per heavy atom. The van der Waals surface area contributed by atoms with E-state index in [9.17, 15) is 26.7 Å². The van der Waals surface area contributed by atoms with Crippen molar-refractivity contribution in [2.45, 2.75) is 12.7 Å². The summed E-state index contributed by atoms with van der Waals surface area (Å²) < 4.78 is 61.0. The molecule has 3 nitrogen and oxygen atoms in total. The van der Waals surface area contributed by atoms with Gasteiger partial charge < -0.3 is 10.6 Å². The van der Waals surface area contributed by atoms with Crippen molar-refractivity contribution < 1.29 is 26.7 Å². The van der Waals surface area contributed by atoms with Gasteiger partial charge in [-0.2, -0.15) is 13.2 Å². The van der Waals surface area contributed by atoms with Gasteiger partial charge in [0.2, 0.25) is 0 Å². The van der Waals surface area contributed by atoms with Crippen LogP contribution < -0.4 is 10.6 Å². The molecule has 0 saturated carbocycles. The number of halogens is 5. The smallest absolute Gasteiger partial charge is 0.334 e. The third kappa shape index (κ3) is 4.98. The molecule has 0 atom stereocenters. The summed E-state index contributed by atoms with van der Waals surface area (Å²) in [5.41, 5.74) is -0.155. The Kier molecular flexibility index (Phi) is 4.46. The highest BCUT2D eigenvalue weighted by Gasteiger charge is 2.27. The molecule has 0 radical (unpaired) electrons. The zero-order chi connectivity index (χ0) is 13.8. The molecule has 18 heavy (non-hydrogen) atoms. The molecule has 0 heterocycles. The van der Waals surface area contributed by atoms with Gasteiger partial charge in [-0.05, 0) is 18.2 Å². The summed E-state index contributed by atoms with van der Waals surface area (Å²) in [6.45, 7) is -1.91. The molecule has 0 aliphatic carbocycles. The van der Waals surface area contributed by atoms with E-state index in [1.165, 1.54) is 5.32 Å². The fraction of sp³-hybridized carbons (Fsp3) is 0.300. The van der Waals surface area contributed by atoms with Crippen molar-refractivity contribution >= 4 is 6.03 Å². The first-order valence-electron chi connectivity index (χ1n) is 4.80. The fourth-order valence-corrected chi connectivity index (χ4v) is 1.10. The quantitative estimate of drug-likeness (QED) is 0.812. The van der Waals surface area contributed by atoms with Crippen LogP contribution in [-0.4, -0.2) is 18.8 Å². The Labute approximate surface area is 99.0 Å². The minimum absolute atomic E-state index is 0.155. The summed E-state index contributed by atoms with van der Waals surface area (Å²) in [4.78, 5) is 10.9. The van der Waals surface area contributed by atoms with Crippen LogP contribution in [0, 0.1) is 11.6 Å². The zero-order valence-electron chi connectivity index (χ0n) is 8.94. The number of carbonyl (C=O) groups excluding carboxylic acids is 1. The summed E-state index contributed by atoms with van der Waals surface area (Å²) in [7, 11) is 0. The second-order valence-corrected chi connectivity index (χ2v) is 3.39. The van der Waals surface area contributed by atoms with Crippen molar-refractivity contribution in [3.05, 3.63) is 35.4 Å². The Hall–Kier alpha value is -1.86. The van der Waals surface area contributed by atoms with Crippen molar-refractivity contribution in [3.63, 3.8) is 0 Å². The van der Waals surface area contributed by atoms with Gasteiger partial charge in [0.05, 0.1) is 0 Å². The number of urea groups is 1. The number of nitrogens with one attached hydrogen (secondary N) is 2. The molecule has 1 rings (SSSR count). The molecule has 2 N–H and O–H groups in total. The number of carbonyl (C=O) groups is 1. The Morgan fingerprint density at radius 1 is 1.17 bits per heavy atom. The maximum Gasteiger partial charge on any atom is 0.405 e. The third-order valence-electron chi connectivity index (χ3n) is 1.90. The lowest BCUT2D eigenvalue weighted by molar-refractivity contribution is -0.122. The average molecular weight is 268 g/mol. The van der Waals surface area contributed by atoms with Gasteiger partial charge in [0.1, 0.15) is 18.2 Å². The highest BCUT2D eigenvalue weighted by molar-refractivity contribution is 5.73. The number of hydrogen-bond acceptors (Lipinski definition) is 1. The van der Waals surface area contributed by atoms with Gasteiger partial charge in [0.25, 0.3) is 0 Å². The van der Waals surface area contributed by atoms with Crippen LogP contribution in [0.5, 0.6) is 0 Å². The standard InChI is InChI=1S/C10H9F5N2O/c11-7-1-2-8(12)6(3-7)4-16-9(18)17-5-10(13,14)15/h1-3H,4-5H2,(H2,16,17,18). The van der Waals surface area contributed by atoms with E-state index in [1.807, 2.05) is 5.32 Å². The first-order valence-corrected chi connectivity index (χ1v) is 4.80. The Morgan fingerprint density at radius 2 is 1.83 bits per heavy atom. The Bertz CT molecular complexity index is 433.